The molecule has 0 rings (SSSR count). The third-order valence-electron chi connectivity index (χ3n) is 0.333. The maximum Gasteiger partial charge on any atom is 3.00 e. The van der Waals surface area contributed by atoms with E-state index in [-0.39, 0.29) is 70.9 Å². The number of carbonyl (C=O) groups is 4. The summed E-state index contributed by atoms with van der Waals surface area (Å²) in [5.41, 5.74) is 0. The summed E-state index contributed by atoms with van der Waals surface area (Å²) in [5.74, 6) is -8.74. The molecule has 0 aromatic rings. The minimum Gasteiger partial charge on any atom is -0.543 e. The van der Waals surface area contributed by atoms with Crippen molar-refractivity contribution in [1.82, 2.24) is 0 Å². The molecule has 0 unspecified atom stereocenters. The maximum absolute atomic E-state index is 8.93. The van der Waals surface area contributed by atoms with E-state index >= 15 is 0 Å². The van der Waals surface area contributed by atoms with Gasteiger partial charge in [0.05, 0.1) is 23.9 Å². The largest absolute Gasteiger partial charge is 3.00 e. The van der Waals surface area contributed by atoms with Crippen LogP contribution in [-0.2, 0) is 38.7 Å². The van der Waals surface area contributed by atoms with E-state index in [4.69, 9.17) is 39.6 Å². The van der Waals surface area contributed by atoms with E-state index in [9.17, 15) is 0 Å². The molecule has 0 atom stereocenters. The van der Waals surface area contributed by atoms with Gasteiger partial charge in [-0.25, -0.2) is 0 Å². The number of carbonyl (C=O) groups excluding carboxylic acids is 4. The summed E-state index contributed by atoms with van der Waals surface area (Å²) in [6.45, 7) is 0. The van der Waals surface area contributed by atoms with Crippen LogP contribution in [0.3, 0.4) is 0 Å². The number of hydrogen-bond donors (Lipinski definition) is 0. The van der Waals surface area contributed by atoms with Gasteiger partial charge in [-0.15, -0.1) is 0 Å². The number of carboxylic acid groups (broad SMARTS) is 4. The van der Waals surface area contributed by atoms with Crippen molar-refractivity contribution in [2.24, 2.45) is 0 Å². The van der Waals surface area contributed by atoms with Crippen LogP contribution in [0.2, 0.25) is 0 Å². The molecular formula is C4KO8Rh. The third-order valence-corrected chi connectivity index (χ3v) is 0.333. The molecule has 0 aromatic heterocycles. The van der Waals surface area contributed by atoms with Crippen molar-refractivity contribution in [1.29, 1.82) is 0 Å². The van der Waals surface area contributed by atoms with E-state index in [1.807, 2.05) is 0 Å². The van der Waals surface area contributed by atoms with Crippen LogP contribution in [0.25, 0.3) is 0 Å². The average molecular weight is 318 g/mol. The second-order valence-electron chi connectivity index (χ2n) is 1.15. The van der Waals surface area contributed by atoms with Crippen molar-refractivity contribution < 1.29 is 110 Å². The Morgan fingerprint density at radius 3 is 0.643 bits per heavy atom. The number of carboxylic acids is 4. The molecule has 0 aliphatic carbocycles. The summed E-state index contributed by atoms with van der Waals surface area (Å²) in [5, 5.41) is 35.7. The first-order chi connectivity index (χ1) is 5.29. The van der Waals surface area contributed by atoms with Crippen molar-refractivity contribution in [2.75, 3.05) is 0 Å². The Labute approximate surface area is 132 Å². The normalized spacial score (nSPS) is 6.29. The molecule has 0 aliphatic rings. The topological polar surface area (TPSA) is 161 Å². The van der Waals surface area contributed by atoms with Gasteiger partial charge in [-0.2, -0.15) is 0 Å². The summed E-state index contributed by atoms with van der Waals surface area (Å²) in [4.78, 5) is 35.7. The van der Waals surface area contributed by atoms with Gasteiger partial charge in [0, 0.05) is 0 Å². The van der Waals surface area contributed by atoms with Crippen molar-refractivity contribution >= 4 is 23.9 Å². The number of hydrogen-bond acceptors (Lipinski definition) is 8. The van der Waals surface area contributed by atoms with Gasteiger partial charge in [0.1, 0.15) is 0 Å². The predicted octanol–water partition coefficient (Wildman–Crippen LogP) is -10.0. The van der Waals surface area contributed by atoms with Gasteiger partial charge >= 0.3 is 70.9 Å². The predicted molar refractivity (Wildman–Crippen MR) is 20.0 cm³/mol. The molecule has 0 aromatic carbocycles. The standard InChI is InChI=1S/2C2H2O4.K.Rh/c2*3-1(4)2(5)6;;/h2*(H,3,4)(H,5,6);;/q;;+1;+3/p-4. The zero-order valence-corrected chi connectivity index (χ0v) is 11.4. The van der Waals surface area contributed by atoms with Crippen LogP contribution >= 0.6 is 0 Å². The molecule has 0 saturated carbocycles. The van der Waals surface area contributed by atoms with Gasteiger partial charge in [0.2, 0.25) is 0 Å². The van der Waals surface area contributed by atoms with Crippen LogP contribution in [0.15, 0.2) is 0 Å². The van der Waals surface area contributed by atoms with Crippen molar-refractivity contribution in [3.05, 3.63) is 0 Å². The summed E-state index contributed by atoms with van der Waals surface area (Å²) >= 11 is 0. The molecule has 10 heteroatoms. The molecule has 0 bridgehead atoms. The van der Waals surface area contributed by atoms with Crippen molar-refractivity contribution in [3.8, 4) is 0 Å². The first-order valence-electron chi connectivity index (χ1n) is 2.13. The fraction of sp³-hybridized carbons (Fsp3) is 0. The molecule has 0 aliphatic heterocycles. The van der Waals surface area contributed by atoms with E-state index in [1.54, 1.807) is 0 Å². The van der Waals surface area contributed by atoms with E-state index in [2.05, 4.69) is 0 Å². The molecule has 0 amide bonds. The SMILES string of the molecule is O=C([O-])C(=O)[O-].O=C([O-])C(=O)[O-].[K+].[Rh+3]. The van der Waals surface area contributed by atoms with Crippen LogP contribution in [-0.4, -0.2) is 23.9 Å². The molecule has 8 nitrogen and oxygen atoms in total. The fourth-order valence-corrected chi connectivity index (χ4v) is 0. The van der Waals surface area contributed by atoms with Gasteiger partial charge in [-0.1, -0.05) is 0 Å². The van der Waals surface area contributed by atoms with Gasteiger partial charge in [-0.05, 0) is 0 Å². The molecule has 0 fully saturated rings. The zero-order valence-electron chi connectivity index (χ0n) is 6.60. The Bertz CT molecular complexity index is 177. The van der Waals surface area contributed by atoms with E-state index in [0.29, 0.717) is 0 Å². The fourth-order valence-electron chi connectivity index (χ4n) is 0. The Balaban J connectivity index is -0.0000000625. The molecule has 14 heavy (non-hydrogen) atoms. The van der Waals surface area contributed by atoms with Crippen molar-refractivity contribution in [3.63, 3.8) is 0 Å². The summed E-state index contributed by atoms with van der Waals surface area (Å²) in [6.07, 6.45) is 0. The Hall–Kier alpha value is 0.140. The monoisotopic (exact) mass is 318 g/mol. The van der Waals surface area contributed by atoms with Gasteiger partial charge < -0.3 is 39.6 Å². The number of rotatable bonds is 0. The van der Waals surface area contributed by atoms with Gasteiger partial charge in [-0.3, -0.25) is 0 Å². The first kappa shape index (κ1) is 23.7. The average Bonchev–Trinajstić information content (AvgIpc) is 1.88. The molecule has 0 heterocycles. The molecule has 0 spiro atoms. The minimum absolute atomic E-state index is 0. The number of aliphatic carboxylic acids is 4. The van der Waals surface area contributed by atoms with Crippen LogP contribution in [0.1, 0.15) is 0 Å². The van der Waals surface area contributed by atoms with Crippen LogP contribution in [0, 0.1) is 0 Å². The van der Waals surface area contributed by atoms with Gasteiger partial charge in [0.15, 0.2) is 0 Å². The zero-order chi connectivity index (χ0) is 10.3. The Morgan fingerprint density at radius 2 is 0.643 bits per heavy atom. The smallest absolute Gasteiger partial charge is 0.543 e. The van der Waals surface area contributed by atoms with Crippen LogP contribution < -0.4 is 71.8 Å². The second kappa shape index (κ2) is 13.1. The molecule has 0 N–H and O–H groups in total. The van der Waals surface area contributed by atoms with Gasteiger partial charge in [0.25, 0.3) is 0 Å². The second-order valence-corrected chi connectivity index (χ2v) is 1.15. The van der Waals surface area contributed by atoms with E-state index in [0.717, 1.165) is 0 Å². The maximum atomic E-state index is 8.93. The Kier molecular flexibility index (Phi) is 22.3. The molecule has 0 saturated heterocycles. The first-order valence-corrected chi connectivity index (χ1v) is 2.13. The minimum atomic E-state index is -2.19. The van der Waals surface area contributed by atoms with Crippen LogP contribution in [0.4, 0.5) is 0 Å². The van der Waals surface area contributed by atoms with Crippen LogP contribution in [0.5, 0.6) is 0 Å². The summed E-state index contributed by atoms with van der Waals surface area (Å²) in [7, 11) is 0. The van der Waals surface area contributed by atoms with Crippen molar-refractivity contribution in [2.45, 2.75) is 0 Å². The third kappa shape index (κ3) is 22.7. The quantitative estimate of drug-likeness (QED) is 0.314. The van der Waals surface area contributed by atoms with E-state index < -0.39 is 23.9 Å². The Morgan fingerprint density at radius 1 is 0.571 bits per heavy atom. The summed E-state index contributed by atoms with van der Waals surface area (Å²) in [6, 6.07) is 0. The molecular weight excluding hydrogens is 318 g/mol. The molecule has 0 radical (unpaired) electrons. The van der Waals surface area contributed by atoms with E-state index in [1.165, 1.54) is 0 Å². The molecule has 74 valence electrons. The summed E-state index contributed by atoms with van der Waals surface area (Å²) < 4.78 is 0.